The number of carbonyl (C=O) groups is 1. The van der Waals surface area contributed by atoms with Crippen molar-refractivity contribution in [3.05, 3.63) is 53.6 Å². The number of nitrogen functional groups attached to an aromatic ring is 1. The molecule has 0 heterocycles. The lowest BCUT2D eigenvalue weighted by Crippen LogP contribution is -2.17. The molecule has 0 aliphatic carbocycles. The normalized spacial score (nSPS) is 11.8. The van der Waals surface area contributed by atoms with Crippen molar-refractivity contribution in [2.75, 3.05) is 18.2 Å². The van der Waals surface area contributed by atoms with Crippen molar-refractivity contribution in [1.82, 2.24) is 0 Å². The van der Waals surface area contributed by atoms with Gasteiger partial charge in [-0.2, -0.15) is 0 Å². The molecular weight excluding hydrogens is 288 g/mol. The van der Waals surface area contributed by atoms with Gasteiger partial charge in [0.15, 0.2) is 0 Å². The average molecular weight is 312 g/mol. The highest BCUT2D eigenvalue weighted by Gasteiger charge is 2.13. The molecule has 0 fully saturated rings. The van der Waals surface area contributed by atoms with E-state index in [2.05, 4.69) is 12.2 Å². The Kier molecular flexibility index (Phi) is 5.63. The van der Waals surface area contributed by atoms with Gasteiger partial charge >= 0.3 is 0 Å². The van der Waals surface area contributed by atoms with Gasteiger partial charge in [-0.15, -0.1) is 0 Å². The Hall–Kier alpha value is -2.49. The molecule has 0 spiro atoms. The van der Waals surface area contributed by atoms with Crippen molar-refractivity contribution in [2.45, 2.75) is 26.7 Å². The number of anilines is 2. The van der Waals surface area contributed by atoms with Crippen LogP contribution in [0.4, 0.5) is 11.4 Å². The fourth-order valence-electron chi connectivity index (χ4n) is 2.61. The highest BCUT2D eigenvalue weighted by Crippen LogP contribution is 2.23. The maximum absolute atomic E-state index is 12.2. The second-order valence-electron chi connectivity index (χ2n) is 5.95. The Morgan fingerprint density at radius 3 is 2.74 bits per heavy atom. The number of carbonyl (C=O) groups excluding carboxylic acids is 1. The van der Waals surface area contributed by atoms with Crippen molar-refractivity contribution in [2.24, 2.45) is 5.92 Å². The number of hydrogen-bond acceptors (Lipinski definition) is 3. The number of rotatable bonds is 6. The Morgan fingerprint density at radius 2 is 2.00 bits per heavy atom. The molecule has 2 aromatic rings. The highest BCUT2D eigenvalue weighted by molar-refractivity contribution is 5.92. The van der Waals surface area contributed by atoms with Gasteiger partial charge in [-0.1, -0.05) is 31.2 Å². The number of aryl methyl sites for hydroxylation is 1. The molecule has 0 aromatic heterocycles. The van der Waals surface area contributed by atoms with E-state index in [1.165, 1.54) is 0 Å². The van der Waals surface area contributed by atoms with Gasteiger partial charge in [-0.25, -0.2) is 0 Å². The molecule has 0 saturated heterocycles. The van der Waals surface area contributed by atoms with E-state index in [1.54, 1.807) is 13.2 Å². The van der Waals surface area contributed by atoms with E-state index >= 15 is 0 Å². The molecular formula is C19H24N2O2. The quantitative estimate of drug-likeness (QED) is 0.798. The Bertz CT molecular complexity index is 683. The standard InChI is InChI=1S/C19H24N2O2/c1-13(10-15-6-4-5-7-18(15)23-3)11-19(22)21-17-12-16(20)9-8-14(17)2/h4-9,12-13H,10-11,20H2,1-3H3,(H,21,22). The molecule has 1 amide bonds. The first-order chi connectivity index (χ1) is 11.0. The molecule has 23 heavy (non-hydrogen) atoms. The third-order valence-corrected chi connectivity index (χ3v) is 3.83. The lowest BCUT2D eigenvalue weighted by molar-refractivity contribution is -0.116. The Balaban J connectivity index is 1.96. The molecule has 0 aliphatic heterocycles. The molecule has 4 heteroatoms. The van der Waals surface area contributed by atoms with Gasteiger partial charge in [0.25, 0.3) is 0 Å². The smallest absolute Gasteiger partial charge is 0.224 e. The Morgan fingerprint density at radius 1 is 1.26 bits per heavy atom. The molecule has 1 atom stereocenters. The summed E-state index contributed by atoms with van der Waals surface area (Å²) < 4.78 is 5.36. The molecule has 4 nitrogen and oxygen atoms in total. The van der Waals surface area contributed by atoms with E-state index < -0.39 is 0 Å². The maximum atomic E-state index is 12.2. The molecule has 2 rings (SSSR count). The minimum Gasteiger partial charge on any atom is -0.496 e. The van der Waals surface area contributed by atoms with Crippen molar-refractivity contribution in [3.8, 4) is 5.75 Å². The molecule has 0 aliphatic rings. The van der Waals surface area contributed by atoms with Crippen LogP contribution < -0.4 is 15.8 Å². The minimum absolute atomic E-state index is 0.00102. The van der Waals surface area contributed by atoms with E-state index in [0.717, 1.165) is 29.0 Å². The summed E-state index contributed by atoms with van der Waals surface area (Å²) in [5.74, 6) is 1.08. The summed E-state index contributed by atoms with van der Waals surface area (Å²) >= 11 is 0. The summed E-state index contributed by atoms with van der Waals surface area (Å²) in [6, 6.07) is 13.4. The number of benzene rings is 2. The summed E-state index contributed by atoms with van der Waals surface area (Å²) in [6.07, 6.45) is 1.25. The molecule has 0 saturated carbocycles. The minimum atomic E-state index is 0.00102. The lowest BCUT2D eigenvalue weighted by atomic mass is 9.97. The van der Waals surface area contributed by atoms with Crippen molar-refractivity contribution in [3.63, 3.8) is 0 Å². The van der Waals surface area contributed by atoms with Crippen LogP contribution in [-0.2, 0) is 11.2 Å². The van der Waals surface area contributed by atoms with Crippen LogP contribution in [0.5, 0.6) is 5.75 Å². The zero-order valence-corrected chi connectivity index (χ0v) is 13.9. The number of nitrogens with one attached hydrogen (secondary N) is 1. The van der Waals surface area contributed by atoms with Crippen LogP contribution in [0.25, 0.3) is 0 Å². The van der Waals surface area contributed by atoms with Crippen molar-refractivity contribution < 1.29 is 9.53 Å². The topological polar surface area (TPSA) is 64.3 Å². The van der Waals surface area contributed by atoms with Gasteiger partial charge < -0.3 is 15.8 Å². The second kappa shape index (κ2) is 7.68. The first kappa shape index (κ1) is 16.9. The fourth-order valence-corrected chi connectivity index (χ4v) is 2.61. The van der Waals surface area contributed by atoms with E-state index in [0.29, 0.717) is 12.1 Å². The van der Waals surface area contributed by atoms with Gasteiger partial charge in [-0.3, -0.25) is 4.79 Å². The first-order valence-corrected chi connectivity index (χ1v) is 7.77. The largest absolute Gasteiger partial charge is 0.496 e. The molecule has 0 radical (unpaired) electrons. The van der Waals surface area contributed by atoms with Crippen molar-refractivity contribution in [1.29, 1.82) is 0 Å². The van der Waals surface area contributed by atoms with Crippen LogP contribution >= 0.6 is 0 Å². The third-order valence-electron chi connectivity index (χ3n) is 3.83. The van der Waals surface area contributed by atoms with Gasteiger partial charge in [-0.05, 0) is 48.6 Å². The number of para-hydroxylation sites is 1. The zero-order valence-electron chi connectivity index (χ0n) is 13.9. The van der Waals surface area contributed by atoms with Gasteiger partial charge in [0.2, 0.25) is 5.91 Å². The molecule has 0 bridgehead atoms. The van der Waals surface area contributed by atoms with Gasteiger partial charge in [0.1, 0.15) is 5.75 Å². The average Bonchev–Trinajstić information content (AvgIpc) is 2.51. The van der Waals surface area contributed by atoms with Crippen LogP contribution in [0.1, 0.15) is 24.5 Å². The highest BCUT2D eigenvalue weighted by atomic mass is 16.5. The number of methoxy groups -OCH3 is 1. The number of amides is 1. The predicted octanol–water partition coefficient (Wildman–Crippen LogP) is 3.79. The second-order valence-corrected chi connectivity index (χ2v) is 5.95. The first-order valence-electron chi connectivity index (χ1n) is 7.77. The van der Waals surface area contributed by atoms with E-state index in [1.807, 2.05) is 43.3 Å². The monoisotopic (exact) mass is 312 g/mol. The van der Waals surface area contributed by atoms with E-state index in [4.69, 9.17) is 10.5 Å². The summed E-state index contributed by atoms with van der Waals surface area (Å²) in [5.41, 5.74) is 9.32. The van der Waals surface area contributed by atoms with Gasteiger partial charge in [0, 0.05) is 17.8 Å². The van der Waals surface area contributed by atoms with Crippen LogP contribution in [-0.4, -0.2) is 13.0 Å². The summed E-state index contributed by atoms with van der Waals surface area (Å²) in [4.78, 5) is 12.2. The maximum Gasteiger partial charge on any atom is 0.224 e. The van der Waals surface area contributed by atoms with E-state index in [9.17, 15) is 4.79 Å². The molecule has 3 N–H and O–H groups in total. The van der Waals surface area contributed by atoms with Crippen molar-refractivity contribution >= 4 is 17.3 Å². The summed E-state index contributed by atoms with van der Waals surface area (Å²) in [6.45, 7) is 4.02. The number of nitrogens with two attached hydrogens (primary N) is 1. The summed E-state index contributed by atoms with van der Waals surface area (Å²) in [5, 5.41) is 2.95. The third kappa shape index (κ3) is 4.74. The Labute approximate surface area is 137 Å². The lowest BCUT2D eigenvalue weighted by Gasteiger charge is -2.15. The molecule has 2 aromatic carbocycles. The molecule has 122 valence electrons. The number of ether oxygens (including phenoxy) is 1. The SMILES string of the molecule is COc1ccccc1CC(C)CC(=O)Nc1cc(N)ccc1C. The van der Waals surface area contributed by atoms with Gasteiger partial charge in [0.05, 0.1) is 7.11 Å². The van der Waals surface area contributed by atoms with Crippen LogP contribution in [0.3, 0.4) is 0 Å². The van der Waals surface area contributed by atoms with Crippen LogP contribution in [0.15, 0.2) is 42.5 Å². The number of hydrogen-bond donors (Lipinski definition) is 2. The fraction of sp³-hybridized carbons (Fsp3) is 0.316. The predicted molar refractivity (Wildman–Crippen MR) is 94.7 cm³/mol. The zero-order chi connectivity index (χ0) is 16.8. The van der Waals surface area contributed by atoms with E-state index in [-0.39, 0.29) is 11.8 Å². The summed E-state index contributed by atoms with van der Waals surface area (Å²) in [7, 11) is 1.67. The molecule has 1 unspecified atom stereocenters. The van der Waals surface area contributed by atoms with Crippen LogP contribution in [0.2, 0.25) is 0 Å². The van der Waals surface area contributed by atoms with Crippen LogP contribution in [0, 0.1) is 12.8 Å².